The van der Waals surface area contributed by atoms with Crippen LogP contribution in [0.15, 0.2) is 42.4 Å². The molecule has 0 bridgehead atoms. The number of carbonyl (C=O) groups is 1. The minimum absolute atomic E-state index is 0.160. The SMILES string of the molecule is Cn1c(SCC(=O)c2c(N)n(C)c(=O)n(C)c2=O)nc2scc(-c3cccs3)c2c1=O. The molecule has 4 heterocycles. The molecule has 2 N–H and O–H groups in total. The predicted molar refractivity (Wildman–Crippen MR) is 125 cm³/mol. The molecule has 0 saturated heterocycles. The zero-order valence-corrected chi connectivity index (χ0v) is 19.2. The first-order valence-electron chi connectivity index (χ1n) is 8.96. The molecule has 0 unspecified atom stereocenters. The summed E-state index contributed by atoms with van der Waals surface area (Å²) in [6, 6.07) is 3.87. The summed E-state index contributed by atoms with van der Waals surface area (Å²) in [6.07, 6.45) is 0. The summed E-state index contributed by atoms with van der Waals surface area (Å²) in [7, 11) is 4.27. The summed E-state index contributed by atoms with van der Waals surface area (Å²) < 4.78 is 3.29. The smallest absolute Gasteiger partial charge is 0.332 e. The molecule has 4 aromatic heterocycles. The number of rotatable bonds is 5. The summed E-state index contributed by atoms with van der Waals surface area (Å²) in [5, 5.41) is 4.74. The number of hydrogen-bond acceptors (Lipinski definition) is 9. The molecule has 160 valence electrons. The topological polar surface area (TPSA) is 122 Å². The molecule has 0 aliphatic rings. The molecule has 0 spiro atoms. The van der Waals surface area contributed by atoms with Gasteiger partial charge in [0.15, 0.2) is 10.9 Å². The highest BCUT2D eigenvalue weighted by Crippen LogP contribution is 2.34. The zero-order chi connectivity index (χ0) is 22.4. The van der Waals surface area contributed by atoms with E-state index in [2.05, 4.69) is 4.98 Å². The number of thiophene rings is 2. The Labute approximate surface area is 187 Å². The Morgan fingerprint density at radius 3 is 2.52 bits per heavy atom. The molecular formula is C19H17N5O4S3. The average molecular weight is 476 g/mol. The molecule has 0 aromatic carbocycles. The van der Waals surface area contributed by atoms with Crippen molar-refractivity contribution in [2.75, 3.05) is 11.5 Å². The molecule has 4 rings (SSSR count). The Morgan fingerprint density at radius 2 is 1.84 bits per heavy atom. The van der Waals surface area contributed by atoms with E-state index >= 15 is 0 Å². The predicted octanol–water partition coefficient (Wildman–Crippen LogP) is 1.68. The van der Waals surface area contributed by atoms with Crippen LogP contribution in [-0.4, -0.2) is 30.2 Å². The van der Waals surface area contributed by atoms with Gasteiger partial charge in [0.25, 0.3) is 11.1 Å². The van der Waals surface area contributed by atoms with Gasteiger partial charge in [0, 0.05) is 37.0 Å². The standard InChI is InChI=1S/C19H17N5O4S3/c1-22-14(20)13(17(27)24(3)19(22)28)10(25)8-31-18-21-15-12(16(26)23(18)2)9(7-30-15)11-5-4-6-29-11/h4-7H,8,20H2,1-3H3. The van der Waals surface area contributed by atoms with Gasteiger partial charge in [-0.3, -0.25) is 28.1 Å². The van der Waals surface area contributed by atoms with Gasteiger partial charge in [0.05, 0.1) is 11.1 Å². The van der Waals surface area contributed by atoms with Crippen molar-refractivity contribution in [3.8, 4) is 10.4 Å². The van der Waals surface area contributed by atoms with Crippen LogP contribution in [0.4, 0.5) is 5.82 Å². The van der Waals surface area contributed by atoms with E-state index in [1.165, 1.54) is 30.0 Å². The first-order valence-corrected chi connectivity index (χ1v) is 11.7. The van der Waals surface area contributed by atoms with E-state index in [-0.39, 0.29) is 22.7 Å². The van der Waals surface area contributed by atoms with E-state index < -0.39 is 17.0 Å². The normalized spacial score (nSPS) is 11.3. The number of nitrogens with two attached hydrogens (primary N) is 1. The van der Waals surface area contributed by atoms with Crippen molar-refractivity contribution in [3.63, 3.8) is 0 Å². The number of nitrogens with zero attached hydrogens (tertiary/aromatic N) is 4. The van der Waals surface area contributed by atoms with Crippen LogP contribution >= 0.6 is 34.4 Å². The van der Waals surface area contributed by atoms with E-state index in [9.17, 15) is 19.2 Å². The Hall–Kier alpha value is -2.96. The van der Waals surface area contributed by atoms with Crippen LogP contribution in [0.2, 0.25) is 0 Å². The lowest BCUT2D eigenvalue weighted by molar-refractivity contribution is 0.102. The summed E-state index contributed by atoms with van der Waals surface area (Å²) >= 11 is 3.95. The minimum atomic E-state index is -0.748. The summed E-state index contributed by atoms with van der Waals surface area (Å²) in [5.41, 5.74) is 4.88. The highest BCUT2D eigenvalue weighted by atomic mass is 32.2. The molecule has 0 radical (unpaired) electrons. The molecule has 0 fully saturated rings. The Bertz CT molecular complexity index is 1510. The summed E-state index contributed by atoms with van der Waals surface area (Å²) in [6.45, 7) is 0. The van der Waals surface area contributed by atoms with Crippen molar-refractivity contribution >= 4 is 56.3 Å². The van der Waals surface area contributed by atoms with Crippen molar-refractivity contribution in [1.82, 2.24) is 18.7 Å². The third-order valence-corrected chi connectivity index (χ3v) is 7.69. The molecule has 9 nitrogen and oxygen atoms in total. The number of hydrogen-bond donors (Lipinski definition) is 1. The lowest BCUT2D eigenvalue weighted by atomic mass is 10.2. The van der Waals surface area contributed by atoms with E-state index in [1.54, 1.807) is 18.4 Å². The number of anilines is 1. The molecule has 0 aliphatic heterocycles. The number of fused-ring (bicyclic) bond motifs is 1. The third-order valence-electron chi connectivity index (χ3n) is 4.88. The minimum Gasteiger partial charge on any atom is -0.384 e. The third kappa shape index (κ3) is 3.46. The molecule has 0 saturated carbocycles. The van der Waals surface area contributed by atoms with Crippen LogP contribution in [0.1, 0.15) is 10.4 Å². The fourth-order valence-electron chi connectivity index (χ4n) is 3.12. The van der Waals surface area contributed by atoms with Gasteiger partial charge in [-0.2, -0.15) is 0 Å². The van der Waals surface area contributed by atoms with E-state index in [1.807, 2.05) is 22.9 Å². The van der Waals surface area contributed by atoms with Crippen LogP contribution < -0.4 is 22.5 Å². The molecule has 0 atom stereocenters. The number of thioether (sulfide) groups is 1. The molecule has 4 aromatic rings. The quantitative estimate of drug-likeness (QED) is 0.265. The lowest BCUT2D eigenvalue weighted by Gasteiger charge is -2.11. The van der Waals surface area contributed by atoms with Gasteiger partial charge >= 0.3 is 5.69 Å². The van der Waals surface area contributed by atoms with Gasteiger partial charge in [-0.1, -0.05) is 17.8 Å². The van der Waals surface area contributed by atoms with Gasteiger partial charge in [-0.05, 0) is 11.4 Å². The first-order chi connectivity index (χ1) is 14.7. The largest absolute Gasteiger partial charge is 0.384 e. The zero-order valence-electron chi connectivity index (χ0n) is 16.7. The highest BCUT2D eigenvalue weighted by molar-refractivity contribution is 7.99. The number of aromatic nitrogens is 4. The van der Waals surface area contributed by atoms with Crippen molar-refractivity contribution in [3.05, 3.63) is 59.6 Å². The first kappa shape index (κ1) is 21.3. The number of Topliss-reactive ketones (excluding diaryl/α,β-unsaturated/α-hetero) is 1. The molecular weight excluding hydrogens is 458 g/mol. The van der Waals surface area contributed by atoms with Crippen molar-refractivity contribution in [2.45, 2.75) is 5.16 Å². The van der Waals surface area contributed by atoms with E-state index in [4.69, 9.17) is 5.73 Å². The van der Waals surface area contributed by atoms with Crippen molar-refractivity contribution in [2.24, 2.45) is 21.1 Å². The van der Waals surface area contributed by atoms with Gasteiger partial charge in [0.2, 0.25) is 0 Å². The molecule has 0 aliphatic carbocycles. The maximum absolute atomic E-state index is 13.0. The molecule has 0 amide bonds. The Morgan fingerprint density at radius 1 is 1.10 bits per heavy atom. The van der Waals surface area contributed by atoms with Crippen molar-refractivity contribution < 1.29 is 4.79 Å². The maximum Gasteiger partial charge on any atom is 0.332 e. The number of ketones is 1. The second-order valence-corrected chi connectivity index (χ2v) is 9.49. The summed E-state index contributed by atoms with van der Waals surface area (Å²) in [5.74, 6) is -0.889. The summed E-state index contributed by atoms with van der Waals surface area (Å²) in [4.78, 5) is 56.2. The highest BCUT2D eigenvalue weighted by Gasteiger charge is 2.22. The second-order valence-electron chi connectivity index (χ2n) is 6.74. The number of nitrogen functional groups attached to an aromatic ring is 1. The van der Waals surface area contributed by atoms with Crippen LogP contribution in [0, 0.1) is 0 Å². The van der Waals surface area contributed by atoms with Gasteiger partial charge < -0.3 is 5.73 Å². The second kappa shape index (κ2) is 7.94. The molecule has 31 heavy (non-hydrogen) atoms. The van der Waals surface area contributed by atoms with Gasteiger partial charge in [0.1, 0.15) is 16.2 Å². The Balaban J connectivity index is 1.69. The van der Waals surface area contributed by atoms with Crippen LogP contribution in [0.5, 0.6) is 0 Å². The van der Waals surface area contributed by atoms with Crippen molar-refractivity contribution in [1.29, 1.82) is 0 Å². The molecule has 12 heteroatoms. The monoisotopic (exact) mass is 475 g/mol. The fraction of sp³-hybridized carbons (Fsp3) is 0.211. The van der Waals surface area contributed by atoms with Crippen LogP contribution in [-0.2, 0) is 21.1 Å². The van der Waals surface area contributed by atoms with Crippen LogP contribution in [0.3, 0.4) is 0 Å². The van der Waals surface area contributed by atoms with Gasteiger partial charge in [-0.25, -0.2) is 9.78 Å². The average Bonchev–Trinajstić information content (AvgIpc) is 3.42. The van der Waals surface area contributed by atoms with Gasteiger partial charge in [-0.15, -0.1) is 22.7 Å². The van der Waals surface area contributed by atoms with E-state index in [0.717, 1.165) is 31.3 Å². The lowest BCUT2D eigenvalue weighted by Crippen LogP contribution is -2.41. The fourth-order valence-corrected chi connectivity index (χ4v) is 5.77. The Kier molecular flexibility index (Phi) is 5.45. The maximum atomic E-state index is 13.0. The number of carbonyl (C=O) groups excluding carboxylic acids is 1. The van der Waals surface area contributed by atoms with E-state index in [0.29, 0.717) is 15.4 Å². The van der Waals surface area contributed by atoms with Crippen LogP contribution in [0.25, 0.3) is 20.7 Å².